The van der Waals surface area contributed by atoms with Crippen LogP contribution in [0, 0.1) is 11.8 Å². The molecule has 1 fully saturated rings. The number of piperidine rings is 1. The van der Waals surface area contributed by atoms with Crippen molar-refractivity contribution in [2.45, 2.75) is 26.2 Å². The van der Waals surface area contributed by atoms with Crippen LogP contribution in [0.2, 0.25) is 0 Å². The third kappa shape index (κ3) is 2.72. The molecular formula is C10H17NO3. The molecule has 0 aromatic rings. The third-order valence-electron chi connectivity index (χ3n) is 2.86. The summed E-state index contributed by atoms with van der Waals surface area (Å²) in [6.07, 6.45) is 1.80. The van der Waals surface area contributed by atoms with Crippen LogP contribution in [0.25, 0.3) is 0 Å². The molecule has 1 aliphatic rings. The second-order valence-electron chi connectivity index (χ2n) is 3.72. The monoisotopic (exact) mass is 199 g/mol. The van der Waals surface area contributed by atoms with E-state index in [1.165, 1.54) is 7.11 Å². The highest BCUT2D eigenvalue weighted by Gasteiger charge is 2.29. The van der Waals surface area contributed by atoms with Crippen LogP contribution < -0.4 is 5.32 Å². The highest BCUT2D eigenvalue weighted by molar-refractivity contribution is 5.78. The van der Waals surface area contributed by atoms with E-state index in [9.17, 15) is 9.59 Å². The smallest absolute Gasteiger partial charge is 0.305 e. The number of ether oxygens (including phenoxy) is 1. The summed E-state index contributed by atoms with van der Waals surface area (Å²) in [7, 11) is 1.38. The van der Waals surface area contributed by atoms with Gasteiger partial charge in [0.25, 0.3) is 0 Å². The molecule has 1 amide bonds. The molecule has 0 bridgehead atoms. The normalized spacial score (nSPS) is 26.9. The Bertz CT molecular complexity index is 227. The molecule has 1 saturated heterocycles. The Kier molecular flexibility index (Phi) is 3.92. The van der Waals surface area contributed by atoms with Gasteiger partial charge < -0.3 is 10.1 Å². The zero-order valence-corrected chi connectivity index (χ0v) is 8.71. The van der Waals surface area contributed by atoms with E-state index in [1.807, 2.05) is 0 Å². The van der Waals surface area contributed by atoms with Gasteiger partial charge in [-0.15, -0.1) is 0 Å². The summed E-state index contributed by atoms with van der Waals surface area (Å²) in [5.41, 5.74) is 0. The first kappa shape index (κ1) is 11.0. The minimum Gasteiger partial charge on any atom is -0.469 e. The summed E-state index contributed by atoms with van der Waals surface area (Å²) in [5.74, 6) is 0.389. The largest absolute Gasteiger partial charge is 0.469 e. The maximum Gasteiger partial charge on any atom is 0.305 e. The molecule has 0 aromatic carbocycles. The highest BCUT2D eigenvalue weighted by Crippen LogP contribution is 2.25. The van der Waals surface area contributed by atoms with Gasteiger partial charge in [0.2, 0.25) is 5.91 Å². The standard InChI is InChI=1S/C10H17NO3/c1-3-7-6-11-9(12)4-8(7)5-10(13)14-2/h7-8H,3-6H2,1-2H3,(H,11,12)/t7-,8-/m1/s1. The SMILES string of the molecule is CC[C@@H]1CNC(=O)C[C@@H]1CC(=O)OC. The van der Waals surface area contributed by atoms with Crippen molar-refractivity contribution >= 4 is 11.9 Å². The summed E-state index contributed by atoms with van der Waals surface area (Å²) < 4.78 is 4.61. The summed E-state index contributed by atoms with van der Waals surface area (Å²) >= 11 is 0. The van der Waals surface area contributed by atoms with Gasteiger partial charge in [0.15, 0.2) is 0 Å². The summed E-state index contributed by atoms with van der Waals surface area (Å²) in [6, 6.07) is 0. The van der Waals surface area contributed by atoms with E-state index in [-0.39, 0.29) is 17.8 Å². The van der Waals surface area contributed by atoms with Crippen LogP contribution in [-0.2, 0) is 14.3 Å². The lowest BCUT2D eigenvalue weighted by Gasteiger charge is -2.29. The van der Waals surface area contributed by atoms with Gasteiger partial charge in [0, 0.05) is 19.4 Å². The molecule has 0 radical (unpaired) electrons. The topological polar surface area (TPSA) is 55.4 Å². The lowest BCUT2D eigenvalue weighted by Crippen LogP contribution is -2.41. The number of hydrogen-bond donors (Lipinski definition) is 1. The third-order valence-corrected chi connectivity index (χ3v) is 2.86. The van der Waals surface area contributed by atoms with Crippen LogP contribution in [0.4, 0.5) is 0 Å². The quantitative estimate of drug-likeness (QED) is 0.681. The molecule has 0 aromatic heterocycles. The molecule has 1 heterocycles. The number of methoxy groups -OCH3 is 1. The van der Waals surface area contributed by atoms with Crippen molar-refractivity contribution < 1.29 is 14.3 Å². The number of nitrogens with one attached hydrogen (secondary N) is 1. The van der Waals surface area contributed by atoms with Crippen LogP contribution in [0.3, 0.4) is 0 Å². The van der Waals surface area contributed by atoms with E-state index in [4.69, 9.17) is 0 Å². The Morgan fingerprint density at radius 2 is 2.29 bits per heavy atom. The molecule has 4 nitrogen and oxygen atoms in total. The Morgan fingerprint density at radius 1 is 1.57 bits per heavy atom. The first-order chi connectivity index (χ1) is 6.67. The number of hydrogen-bond acceptors (Lipinski definition) is 3. The van der Waals surface area contributed by atoms with E-state index in [2.05, 4.69) is 17.0 Å². The lowest BCUT2D eigenvalue weighted by molar-refractivity contribution is -0.142. The predicted molar refractivity (Wildman–Crippen MR) is 51.5 cm³/mol. The van der Waals surface area contributed by atoms with Crippen molar-refractivity contribution in [3.63, 3.8) is 0 Å². The molecule has 0 spiro atoms. The molecule has 14 heavy (non-hydrogen) atoms. The van der Waals surface area contributed by atoms with Crippen LogP contribution in [0.15, 0.2) is 0 Å². The number of amides is 1. The van der Waals surface area contributed by atoms with Crippen molar-refractivity contribution in [2.24, 2.45) is 11.8 Å². The molecule has 1 N–H and O–H groups in total. The first-order valence-electron chi connectivity index (χ1n) is 5.00. The number of rotatable bonds is 3. The zero-order chi connectivity index (χ0) is 10.6. The van der Waals surface area contributed by atoms with Gasteiger partial charge in [0.1, 0.15) is 0 Å². The fourth-order valence-corrected chi connectivity index (χ4v) is 1.90. The van der Waals surface area contributed by atoms with Gasteiger partial charge in [0.05, 0.1) is 7.11 Å². The van der Waals surface area contributed by atoms with Crippen LogP contribution >= 0.6 is 0 Å². The second kappa shape index (κ2) is 4.98. The van der Waals surface area contributed by atoms with E-state index in [0.29, 0.717) is 25.3 Å². The Morgan fingerprint density at radius 3 is 2.86 bits per heavy atom. The van der Waals surface area contributed by atoms with Gasteiger partial charge in [-0.2, -0.15) is 0 Å². The number of esters is 1. The number of carbonyl (C=O) groups is 2. The molecule has 1 aliphatic heterocycles. The van der Waals surface area contributed by atoms with Gasteiger partial charge in [-0.05, 0) is 11.8 Å². The molecule has 0 saturated carbocycles. The summed E-state index contributed by atoms with van der Waals surface area (Å²) in [5, 5.41) is 2.81. The molecule has 0 unspecified atom stereocenters. The highest BCUT2D eigenvalue weighted by atomic mass is 16.5. The van der Waals surface area contributed by atoms with Crippen molar-refractivity contribution in [3.05, 3.63) is 0 Å². The molecule has 4 heteroatoms. The van der Waals surface area contributed by atoms with Crippen molar-refractivity contribution in [3.8, 4) is 0 Å². The maximum atomic E-state index is 11.1. The average molecular weight is 199 g/mol. The van der Waals surface area contributed by atoms with Crippen molar-refractivity contribution in [2.75, 3.05) is 13.7 Å². The van der Waals surface area contributed by atoms with Gasteiger partial charge in [-0.25, -0.2) is 0 Å². The summed E-state index contributed by atoms with van der Waals surface area (Å²) in [6.45, 7) is 2.77. The zero-order valence-electron chi connectivity index (χ0n) is 8.71. The van der Waals surface area contributed by atoms with Gasteiger partial charge in [-0.3, -0.25) is 9.59 Å². The number of carbonyl (C=O) groups excluding carboxylic acids is 2. The van der Waals surface area contributed by atoms with E-state index in [0.717, 1.165) is 6.42 Å². The Labute approximate surface area is 84.0 Å². The minimum atomic E-state index is -0.219. The fourth-order valence-electron chi connectivity index (χ4n) is 1.90. The fraction of sp³-hybridized carbons (Fsp3) is 0.800. The maximum absolute atomic E-state index is 11.1. The molecule has 80 valence electrons. The van der Waals surface area contributed by atoms with Crippen LogP contribution in [0.5, 0.6) is 0 Å². The molecular weight excluding hydrogens is 182 g/mol. The predicted octanol–water partition coefficient (Wildman–Crippen LogP) is 0.712. The molecule has 2 atom stereocenters. The van der Waals surface area contributed by atoms with Gasteiger partial charge >= 0.3 is 5.97 Å². The molecule has 0 aliphatic carbocycles. The first-order valence-corrected chi connectivity index (χ1v) is 5.00. The minimum absolute atomic E-state index is 0.0450. The summed E-state index contributed by atoms with van der Waals surface area (Å²) in [4.78, 5) is 22.2. The average Bonchev–Trinajstić information content (AvgIpc) is 2.18. The molecule has 1 rings (SSSR count). The second-order valence-corrected chi connectivity index (χ2v) is 3.72. The van der Waals surface area contributed by atoms with Crippen LogP contribution in [-0.4, -0.2) is 25.5 Å². The van der Waals surface area contributed by atoms with E-state index < -0.39 is 0 Å². The van der Waals surface area contributed by atoms with Crippen molar-refractivity contribution in [1.82, 2.24) is 5.32 Å². The Balaban J connectivity index is 2.52. The van der Waals surface area contributed by atoms with Gasteiger partial charge in [-0.1, -0.05) is 13.3 Å². The van der Waals surface area contributed by atoms with Crippen molar-refractivity contribution in [1.29, 1.82) is 0 Å². The Hall–Kier alpha value is -1.06. The van der Waals surface area contributed by atoms with E-state index >= 15 is 0 Å². The van der Waals surface area contributed by atoms with Crippen LogP contribution in [0.1, 0.15) is 26.2 Å². The lowest BCUT2D eigenvalue weighted by atomic mass is 9.82. The van der Waals surface area contributed by atoms with E-state index in [1.54, 1.807) is 0 Å².